The van der Waals surface area contributed by atoms with Gasteiger partial charge in [0, 0.05) is 26.2 Å². The van der Waals surface area contributed by atoms with Gasteiger partial charge in [0.15, 0.2) is 0 Å². The van der Waals surface area contributed by atoms with Crippen molar-refractivity contribution in [1.82, 2.24) is 35.1 Å². The molecule has 1 aliphatic rings. The van der Waals surface area contributed by atoms with Gasteiger partial charge >= 0.3 is 178 Å². The number of fused-ring (bicyclic) bond motifs is 1. The number of carbonyl (C=O) groups is 1. The summed E-state index contributed by atoms with van der Waals surface area (Å²) in [5.74, 6) is 0.651. The van der Waals surface area contributed by atoms with E-state index in [1.807, 2.05) is 0 Å². The Morgan fingerprint density at radius 1 is 1.10 bits per heavy atom. The van der Waals surface area contributed by atoms with Crippen LogP contribution in [0.15, 0.2) is 65.4 Å². The number of rotatable bonds is 8. The van der Waals surface area contributed by atoms with E-state index in [1.165, 1.54) is 12.1 Å². The maximum absolute atomic E-state index is 13.7. The van der Waals surface area contributed by atoms with Crippen LogP contribution in [0.2, 0.25) is 0 Å². The molecule has 2 radical (unpaired) electrons. The molecule has 11 nitrogen and oxygen atoms in total. The quantitative estimate of drug-likeness (QED) is 0.267. The topological polar surface area (TPSA) is 120 Å². The van der Waals surface area contributed by atoms with Crippen LogP contribution in [-0.4, -0.2) is 91.9 Å². The van der Waals surface area contributed by atoms with Crippen molar-refractivity contribution in [2.24, 2.45) is 0 Å². The molecule has 13 heteroatoms. The van der Waals surface area contributed by atoms with E-state index in [4.69, 9.17) is 14.1 Å². The zero-order chi connectivity index (χ0) is 27.5. The fraction of sp³-hybridized carbons (Fsp3) is 0.222. The number of amides is 1. The van der Waals surface area contributed by atoms with Gasteiger partial charge in [-0.2, -0.15) is 0 Å². The van der Waals surface area contributed by atoms with E-state index >= 15 is 0 Å². The summed E-state index contributed by atoms with van der Waals surface area (Å²) in [5, 5.41) is 10.8. The number of halogens is 1. The van der Waals surface area contributed by atoms with Gasteiger partial charge < -0.3 is 10.1 Å². The number of carbonyl (C=O) groups excluding carboxylic acids is 1. The van der Waals surface area contributed by atoms with Crippen LogP contribution in [0.3, 0.4) is 0 Å². The third-order valence-corrected chi connectivity index (χ3v) is 7.04. The normalized spacial score (nSPS) is 13.9. The Morgan fingerprint density at radius 2 is 1.93 bits per heavy atom. The molecule has 0 aliphatic carbocycles. The summed E-state index contributed by atoms with van der Waals surface area (Å²) in [5.41, 5.74) is 2.77. The Morgan fingerprint density at radius 3 is 2.70 bits per heavy atom. The summed E-state index contributed by atoms with van der Waals surface area (Å²) in [4.78, 5) is 24.1. The Balaban J connectivity index is 1.25. The first-order chi connectivity index (χ1) is 19.5. The third-order valence-electron chi connectivity index (χ3n) is 6.42. The maximum atomic E-state index is 13.7. The van der Waals surface area contributed by atoms with Gasteiger partial charge in [0.25, 0.3) is 0 Å². The summed E-state index contributed by atoms with van der Waals surface area (Å²) in [6.45, 7) is 4.48. The van der Waals surface area contributed by atoms with Crippen LogP contribution >= 0.6 is 0 Å². The van der Waals surface area contributed by atoms with Gasteiger partial charge in [-0.3, -0.25) is 9.69 Å². The van der Waals surface area contributed by atoms with Gasteiger partial charge in [0.1, 0.15) is 0 Å². The predicted molar refractivity (Wildman–Crippen MR) is 144 cm³/mol. The second-order valence-electron chi connectivity index (χ2n) is 9.03. The number of hydrogen-bond donors (Lipinski definition) is 1. The molecule has 1 amide bonds. The average Bonchev–Trinajstić information content (AvgIpc) is 3.57. The van der Waals surface area contributed by atoms with E-state index in [0.717, 1.165) is 32.8 Å². The van der Waals surface area contributed by atoms with Crippen molar-refractivity contribution < 1.29 is 23.3 Å². The van der Waals surface area contributed by atoms with E-state index in [0.29, 0.717) is 50.6 Å². The van der Waals surface area contributed by atoms with E-state index in [9.17, 15) is 9.18 Å². The van der Waals surface area contributed by atoms with E-state index < -0.39 is 0 Å². The first-order valence-electron chi connectivity index (χ1n) is 12.6. The fourth-order valence-electron chi connectivity index (χ4n) is 4.43. The van der Waals surface area contributed by atoms with Crippen molar-refractivity contribution in [3.8, 4) is 28.8 Å². The van der Waals surface area contributed by atoms with Crippen LogP contribution in [0.4, 0.5) is 4.39 Å². The molecule has 0 bridgehead atoms. The molecule has 1 aliphatic heterocycles. The summed E-state index contributed by atoms with van der Waals surface area (Å²) in [6, 6.07) is 14.6. The van der Waals surface area contributed by atoms with Gasteiger partial charge in [-0.25, -0.2) is 0 Å². The number of morpholine rings is 1. The summed E-state index contributed by atoms with van der Waals surface area (Å²) in [7, 11) is 0. The standard InChI is InChI=1S/C27H23AsFN7O4/c28-25-24(33-40-34-25)26-32-21-16-31-23(15-22(21)36(26)19-6-4-18(29)5-7-19)39-20-3-1-2-17(14-20)27(37)30-8-9-35-10-12-38-13-11-35/h1-7,14-16H,8-13H2,(H,30,37). The number of hydrogen-bond acceptors (Lipinski definition) is 9. The van der Waals surface area contributed by atoms with Gasteiger partial charge in [-0.15, -0.1) is 0 Å². The molecule has 40 heavy (non-hydrogen) atoms. The number of ether oxygens (including phenoxy) is 2. The number of nitrogens with zero attached hydrogens (tertiary/aromatic N) is 6. The molecule has 3 aromatic heterocycles. The average molecular weight is 603 g/mol. The van der Waals surface area contributed by atoms with Crippen molar-refractivity contribution in [3.63, 3.8) is 0 Å². The van der Waals surface area contributed by atoms with Gasteiger partial charge in [0.2, 0.25) is 0 Å². The van der Waals surface area contributed by atoms with E-state index in [-0.39, 0.29) is 17.6 Å². The molecule has 1 saturated heterocycles. The molecule has 5 aromatic rings. The van der Waals surface area contributed by atoms with Gasteiger partial charge in [-0.1, -0.05) is 0 Å². The molecule has 6 rings (SSSR count). The molecule has 0 spiro atoms. The first kappa shape index (κ1) is 26.1. The number of pyridine rings is 1. The second kappa shape index (κ2) is 11.5. The van der Waals surface area contributed by atoms with Crippen LogP contribution in [0.1, 0.15) is 10.4 Å². The SMILES string of the molecule is O=C(NCCN1CCOCC1)c1cccc(Oc2cc3c(cn2)nc(-c2nonc2[As])n3-c2ccc(F)cc2)c1. The number of imidazole rings is 1. The molecule has 0 saturated carbocycles. The van der Waals surface area contributed by atoms with Crippen molar-refractivity contribution in [3.05, 3.63) is 72.2 Å². The Bertz CT molecular complexity index is 1650. The number of nitrogens with one attached hydrogen (secondary N) is 1. The van der Waals surface area contributed by atoms with Gasteiger partial charge in [-0.05, 0) is 0 Å². The van der Waals surface area contributed by atoms with Crippen molar-refractivity contribution in [2.45, 2.75) is 0 Å². The molecule has 0 unspecified atom stereocenters. The third kappa shape index (κ3) is 5.60. The minimum atomic E-state index is -0.360. The molecule has 2 aromatic carbocycles. The van der Waals surface area contributed by atoms with Gasteiger partial charge in [0.05, 0.1) is 13.2 Å². The predicted octanol–water partition coefficient (Wildman–Crippen LogP) is 2.26. The van der Waals surface area contributed by atoms with Crippen LogP contribution in [-0.2, 0) is 4.74 Å². The van der Waals surface area contributed by atoms with Crippen molar-refractivity contribution >= 4 is 38.3 Å². The fourth-order valence-corrected chi connectivity index (χ4v) is 4.80. The minimum absolute atomic E-state index is 0.184. The van der Waals surface area contributed by atoms with Crippen LogP contribution in [0.5, 0.6) is 11.6 Å². The Kier molecular flexibility index (Phi) is 7.54. The number of benzene rings is 2. The first-order valence-corrected chi connectivity index (χ1v) is 13.5. The van der Waals surface area contributed by atoms with E-state index in [1.54, 1.807) is 53.2 Å². The van der Waals surface area contributed by atoms with Crippen LogP contribution in [0, 0.1) is 5.82 Å². The second-order valence-corrected chi connectivity index (χ2v) is 9.92. The summed E-state index contributed by atoms with van der Waals surface area (Å²) < 4.78 is 32.3. The monoisotopic (exact) mass is 603 g/mol. The van der Waals surface area contributed by atoms with Crippen molar-refractivity contribution in [1.29, 1.82) is 0 Å². The molecule has 1 N–H and O–H groups in total. The van der Waals surface area contributed by atoms with Crippen LogP contribution in [0.25, 0.3) is 28.2 Å². The Labute approximate surface area is 236 Å². The molecule has 4 heterocycles. The molecule has 1 fully saturated rings. The molecular formula is C27H23AsFN7O4. The van der Waals surface area contributed by atoms with Crippen molar-refractivity contribution in [2.75, 3.05) is 39.4 Å². The molecule has 0 atom stereocenters. The van der Waals surface area contributed by atoms with E-state index in [2.05, 4.69) is 47.4 Å². The zero-order valence-corrected chi connectivity index (χ0v) is 23.0. The summed E-state index contributed by atoms with van der Waals surface area (Å²) in [6.07, 6.45) is 1.58. The Hall–Kier alpha value is -4.12. The zero-order valence-electron chi connectivity index (χ0n) is 21.2. The number of aromatic nitrogens is 5. The molecular weight excluding hydrogens is 580 g/mol. The summed E-state index contributed by atoms with van der Waals surface area (Å²) >= 11 is 2.29. The molecule has 202 valence electrons. The van der Waals surface area contributed by atoms with Crippen LogP contribution < -0.4 is 14.5 Å².